The molecule has 1 atom stereocenters. The topological polar surface area (TPSA) is 67.4 Å². The Hall–Kier alpha value is -2.47. The number of hydrogen-bond acceptors (Lipinski definition) is 4. The molecule has 1 aliphatic rings. The Labute approximate surface area is 144 Å². The first-order valence-electron chi connectivity index (χ1n) is 7.75. The summed E-state index contributed by atoms with van der Waals surface area (Å²) in [5.41, 5.74) is 1.41. The third-order valence-corrected chi connectivity index (χ3v) is 4.81. The van der Waals surface area contributed by atoms with Gasteiger partial charge >= 0.3 is 0 Å². The van der Waals surface area contributed by atoms with Crippen molar-refractivity contribution in [1.82, 2.24) is 0 Å². The van der Waals surface area contributed by atoms with Crippen molar-refractivity contribution >= 4 is 35.0 Å². The number of fused-ring (bicyclic) bond motifs is 1. The predicted molar refractivity (Wildman–Crippen MR) is 95.6 cm³/mol. The van der Waals surface area contributed by atoms with Crippen molar-refractivity contribution in [3.63, 3.8) is 0 Å². The van der Waals surface area contributed by atoms with Gasteiger partial charge < -0.3 is 15.4 Å². The highest BCUT2D eigenvalue weighted by Crippen LogP contribution is 2.36. The van der Waals surface area contributed by atoms with Crippen molar-refractivity contribution in [2.24, 2.45) is 0 Å². The van der Waals surface area contributed by atoms with Crippen molar-refractivity contribution in [2.75, 3.05) is 17.2 Å². The van der Waals surface area contributed by atoms with Gasteiger partial charge in [-0.3, -0.25) is 9.59 Å². The summed E-state index contributed by atoms with van der Waals surface area (Å²) in [4.78, 5) is 25.5. The molecule has 0 aromatic heterocycles. The molecule has 0 aliphatic carbocycles. The Morgan fingerprint density at radius 3 is 2.79 bits per heavy atom. The molecule has 0 fully saturated rings. The van der Waals surface area contributed by atoms with Crippen LogP contribution in [0.2, 0.25) is 0 Å². The number of rotatable bonds is 5. The Kier molecular flexibility index (Phi) is 5.05. The normalized spacial score (nSPS) is 16.0. The molecule has 0 unspecified atom stereocenters. The van der Waals surface area contributed by atoms with Crippen LogP contribution in [0.4, 0.5) is 11.4 Å². The molecule has 0 saturated carbocycles. The number of carbonyl (C=O) groups excluding carboxylic acids is 2. The summed E-state index contributed by atoms with van der Waals surface area (Å²) in [5.74, 6) is 0.264. The van der Waals surface area contributed by atoms with Gasteiger partial charge in [-0.25, -0.2) is 0 Å². The van der Waals surface area contributed by atoms with E-state index in [-0.39, 0.29) is 18.2 Å². The monoisotopic (exact) mass is 342 g/mol. The van der Waals surface area contributed by atoms with Gasteiger partial charge in [0, 0.05) is 11.3 Å². The van der Waals surface area contributed by atoms with Crippen LogP contribution < -0.4 is 15.4 Å². The summed E-state index contributed by atoms with van der Waals surface area (Å²) >= 11 is 1.41. The lowest BCUT2D eigenvalue weighted by Gasteiger charge is -2.23. The molecule has 6 heteroatoms. The lowest BCUT2D eigenvalue weighted by molar-refractivity contribution is -0.120. The van der Waals surface area contributed by atoms with Crippen molar-refractivity contribution in [2.45, 2.75) is 23.5 Å². The molecule has 3 rings (SSSR count). The van der Waals surface area contributed by atoms with E-state index in [0.717, 1.165) is 10.6 Å². The number of ether oxygens (including phenoxy) is 1. The highest BCUT2D eigenvalue weighted by atomic mass is 32.2. The summed E-state index contributed by atoms with van der Waals surface area (Å²) in [6.07, 6.45) is 0.102. The number of amides is 2. The smallest absolute Gasteiger partial charge is 0.238 e. The van der Waals surface area contributed by atoms with Gasteiger partial charge in [0.25, 0.3) is 0 Å². The van der Waals surface area contributed by atoms with E-state index in [1.54, 1.807) is 12.1 Å². The van der Waals surface area contributed by atoms with E-state index >= 15 is 0 Å². The van der Waals surface area contributed by atoms with Crippen LogP contribution in [0.5, 0.6) is 5.75 Å². The molecule has 24 heavy (non-hydrogen) atoms. The fourth-order valence-electron chi connectivity index (χ4n) is 2.45. The SMILES string of the molecule is CCOc1ccccc1NC(=O)C[C@H]1Sc2ccccc2NC1=O. The molecule has 2 N–H and O–H groups in total. The summed E-state index contributed by atoms with van der Waals surface area (Å²) in [6.45, 7) is 2.41. The Bertz CT molecular complexity index is 763. The highest BCUT2D eigenvalue weighted by Gasteiger charge is 2.28. The second-order valence-electron chi connectivity index (χ2n) is 5.27. The second kappa shape index (κ2) is 7.40. The molecule has 1 heterocycles. The van der Waals surface area contributed by atoms with Crippen LogP contribution in [0.15, 0.2) is 53.4 Å². The standard InChI is InChI=1S/C18H18N2O3S/c1-2-23-14-9-5-3-7-12(14)19-17(21)11-16-18(22)20-13-8-4-6-10-15(13)24-16/h3-10,16H,2,11H2,1H3,(H,19,21)(H,20,22)/t16-/m1/s1. The van der Waals surface area contributed by atoms with Gasteiger partial charge in [-0.2, -0.15) is 0 Å². The Morgan fingerprint density at radius 2 is 1.96 bits per heavy atom. The zero-order valence-corrected chi connectivity index (χ0v) is 14.1. The van der Waals surface area contributed by atoms with E-state index in [0.29, 0.717) is 18.0 Å². The minimum atomic E-state index is -0.445. The number of anilines is 2. The van der Waals surface area contributed by atoms with Crippen LogP contribution in [0.3, 0.4) is 0 Å². The molecule has 0 spiro atoms. The summed E-state index contributed by atoms with van der Waals surface area (Å²) in [7, 11) is 0. The molecule has 0 radical (unpaired) electrons. The van der Waals surface area contributed by atoms with E-state index in [9.17, 15) is 9.59 Å². The number of para-hydroxylation sites is 3. The van der Waals surface area contributed by atoms with Crippen LogP contribution in [0, 0.1) is 0 Å². The van der Waals surface area contributed by atoms with Crippen LogP contribution in [0.25, 0.3) is 0 Å². The van der Waals surface area contributed by atoms with Crippen LogP contribution >= 0.6 is 11.8 Å². The van der Waals surface area contributed by atoms with Crippen LogP contribution in [0.1, 0.15) is 13.3 Å². The molecular formula is C18H18N2O3S. The minimum Gasteiger partial charge on any atom is -0.492 e. The Balaban J connectivity index is 1.66. The van der Waals surface area contributed by atoms with Crippen LogP contribution in [-0.2, 0) is 9.59 Å². The van der Waals surface area contributed by atoms with Crippen molar-refractivity contribution in [3.8, 4) is 5.75 Å². The highest BCUT2D eigenvalue weighted by molar-refractivity contribution is 8.01. The fraction of sp³-hybridized carbons (Fsp3) is 0.222. The quantitative estimate of drug-likeness (QED) is 0.872. The van der Waals surface area contributed by atoms with Crippen molar-refractivity contribution in [3.05, 3.63) is 48.5 Å². The van der Waals surface area contributed by atoms with E-state index in [2.05, 4.69) is 10.6 Å². The summed E-state index contributed by atoms with van der Waals surface area (Å²) in [6, 6.07) is 14.8. The number of carbonyl (C=O) groups is 2. The van der Waals surface area contributed by atoms with Crippen molar-refractivity contribution in [1.29, 1.82) is 0 Å². The average Bonchev–Trinajstić information content (AvgIpc) is 2.57. The molecule has 2 amide bonds. The van der Waals surface area contributed by atoms with E-state index in [4.69, 9.17) is 4.74 Å². The van der Waals surface area contributed by atoms with E-state index in [1.165, 1.54) is 11.8 Å². The second-order valence-corrected chi connectivity index (χ2v) is 6.52. The van der Waals surface area contributed by atoms with Gasteiger partial charge in [0.15, 0.2) is 0 Å². The molecule has 2 aromatic rings. The average molecular weight is 342 g/mol. The maximum atomic E-state index is 12.3. The zero-order chi connectivity index (χ0) is 16.9. The predicted octanol–water partition coefficient (Wildman–Crippen LogP) is 3.53. The first kappa shape index (κ1) is 16.4. The van der Waals surface area contributed by atoms with Crippen molar-refractivity contribution < 1.29 is 14.3 Å². The first-order chi connectivity index (χ1) is 11.7. The maximum absolute atomic E-state index is 12.3. The fourth-order valence-corrected chi connectivity index (χ4v) is 3.56. The molecule has 0 saturated heterocycles. The van der Waals surface area contributed by atoms with Gasteiger partial charge in [-0.05, 0) is 31.2 Å². The molecule has 0 bridgehead atoms. The minimum absolute atomic E-state index is 0.102. The molecule has 124 valence electrons. The largest absolute Gasteiger partial charge is 0.492 e. The molecule has 5 nitrogen and oxygen atoms in total. The lowest BCUT2D eigenvalue weighted by atomic mass is 10.2. The zero-order valence-electron chi connectivity index (χ0n) is 13.2. The first-order valence-corrected chi connectivity index (χ1v) is 8.63. The van der Waals surface area contributed by atoms with Crippen LogP contribution in [-0.4, -0.2) is 23.7 Å². The summed E-state index contributed by atoms with van der Waals surface area (Å²) in [5, 5.41) is 5.23. The Morgan fingerprint density at radius 1 is 1.21 bits per heavy atom. The maximum Gasteiger partial charge on any atom is 0.238 e. The molecule has 1 aliphatic heterocycles. The number of nitrogens with one attached hydrogen (secondary N) is 2. The van der Waals surface area contributed by atoms with E-state index < -0.39 is 5.25 Å². The van der Waals surface area contributed by atoms with Gasteiger partial charge in [0.1, 0.15) is 5.75 Å². The lowest BCUT2D eigenvalue weighted by Crippen LogP contribution is -2.32. The van der Waals surface area contributed by atoms with Gasteiger partial charge in [-0.15, -0.1) is 11.8 Å². The summed E-state index contributed by atoms with van der Waals surface area (Å²) < 4.78 is 5.50. The molecule has 2 aromatic carbocycles. The number of hydrogen-bond donors (Lipinski definition) is 2. The van der Waals surface area contributed by atoms with Gasteiger partial charge in [0.2, 0.25) is 11.8 Å². The van der Waals surface area contributed by atoms with Gasteiger partial charge in [-0.1, -0.05) is 24.3 Å². The number of thioether (sulfide) groups is 1. The third kappa shape index (κ3) is 3.71. The number of benzene rings is 2. The van der Waals surface area contributed by atoms with Gasteiger partial charge in [0.05, 0.1) is 23.2 Å². The van der Waals surface area contributed by atoms with E-state index in [1.807, 2.05) is 43.3 Å². The third-order valence-electron chi connectivity index (χ3n) is 3.54. The molecular weight excluding hydrogens is 324 g/mol.